The van der Waals surface area contributed by atoms with E-state index in [2.05, 4.69) is 12.6 Å². The Labute approximate surface area is 75.0 Å². The van der Waals surface area contributed by atoms with E-state index in [0.29, 0.717) is 0 Å². The van der Waals surface area contributed by atoms with Gasteiger partial charge in [-0.15, -0.1) is 12.6 Å². The van der Waals surface area contributed by atoms with Crippen LogP contribution in [0, 0.1) is 0 Å². The Morgan fingerprint density at radius 2 is 1.67 bits per heavy atom. The molecule has 0 aromatic rings. The number of thiol groups is 1. The van der Waals surface area contributed by atoms with Crippen molar-refractivity contribution in [2.24, 2.45) is 0 Å². The van der Waals surface area contributed by atoms with Gasteiger partial charge in [0.05, 0.1) is 6.61 Å². The van der Waals surface area contributed by atoms with Crippen LogP contribution >= 0.6 is 12.6 Å². The molecule has 0 aromatic heterocycles. The van der Waals surface area contributed by atoms with Gasteiger partial charge in [-0.1, -0.05) is 0 Å². The van der Waals surface area contributed by atoms with Crippen molar-refractivity contribution in [1.82, 2.24) is 0 Å². The molecule has 1 aliphatic heterocycles. The summed E-state index contributed by atoms with van der Waals surface area (Å²) in [6.07, 6.45) is -4.70. The first-order chi connectivity index (χ1) is 5.57. The van der Waals surface area contributed by atoms with Gasteiger partial charge in [-0.3, -0.25) is 0 Å². The molecule has 0 saturated carbocycles. The highest BCUT2D eigenvalue weighted by atomic mass is 32.1. The lowest BCUT2D eigenvalue weighted by Crippen LogP contribution is -2.56. The average molecular weight is 196 g/mol. The minimum atomic E-state index is -1.32. The normalized spacial score (nSPS) is 49.2. The van der Waals surface area contributed by atoms with Gasteiger partial charge in [-0.05, 0) is 0 Å². The molecule has 5 nitrogen and oxygen atoms in total. The molecule has 1 rings (SSSR count). The van der Waals surface area contributed by atoms with Crippen LogP contribution in [0.3, 0.4) is 0 Å². The molecule has 1 unspecified atom stereocenters. The van der Waals surface area contributed by atoms with Gasteiger partial charge < -0.3 is 25.2 Å². The van der Waals surface area contributed by atoms with Crippen molar-refractivity contribution in [3.8, 4) is 0 Å². The summed E-state index contributed by atoms with van der Waals surface area (Å²) in [6, 6.07) is 0. The molecule has 0 spiro atoms. The summed E-state index contributed by atoms with van der Waals surface area (Å²) in [4.78, 5) is 0. The molecule has 5 atom stereocenters. The fraction of sp³-hybridized carbons (Fsp3) is 1.00. The molecule has 0 amide bonds. The summed E-state index contributed by atoms with van der Waals surface area (Å²) in [6.45, 7) is -0.415. The number of aliphatic hydroxyl groups is 4. The predicted molar refractivity (Wildman–Crippen MR) is 42.8 cm³/mol. The first-order valence-electron chi connectivity index (χ1n) is 3.56. The quantitative estimate of drug-likeness (QED) is 0.305. The molecular formula is C6H12O5S. The molecule has 1 heterocycles. The van der Waals surface area contributed by atoms with E-state index in [1.807, 2.05) is 0 Å². The SMILES string of the molecule is OC[C@H]1OC(S)[C@H](O)[C@H](O)[C@H]1O. The highest BCUT2D eigenvalue weighted by Crippen LogP contribution is 2.22. The van der Waals surface area contributed by atoms with Crippen molar-refractivity contribution in [2.75, 3.05) is 6.61 Å². The maximum atomic E-state index is 9.20. The van der Waals surface area contributed by atoms with E-state index in [0.717, 1.165) is 0 Å². The Balaban J connectivity index is 2.63. The van der Waals surface area contributed by atoms with Crippen LogP contribution in [0.25, 0.3) is 0 Å². The summed E-state index contributed by atoms with van der Waals surface area (Å²) in [5, 5.41) is 36.2. The maximum Gasteiger partial charge on any atom is 0.129 e. The fourth-order valence-electron chi connectivity index (χ4n) is 1.08. The third-order valence-corrected chi connectivity index (χ3v) is 2.29. The molecular weight excluding hydrogens is 184 g/mol. The Bertz CT molecular complexity index is 150. The lowest BCUT2D eigenvalue weighted by Gasteiger charge is -2.37. The van der Waals surface area contributed by atoms with E-state index in [9.17, 15) is 10.2 Å². The standard InChI is InChI=1S/C6H12O5S/c7-1-2-3(8)4(9)5(10)6(12)11-2/h2-10,12H,1H2/t2-,3+,4-,5-,6?/m1/s1. The predicted octanol–water partition coefficient (Wildman–Crippen LogP) is -2.28. The monoisotopic (exact) mass is 196 g/mol. The number of rotatable bonds is 1. The Morgan fingerprint density at radius 1 is 1.08 bits per heavy atom. The van der Waals surface area contributed by atoms with E-state index in [4.69, 9.17) is 14.9 Å². The number of aliphatic hydroxyl groups excluding tert-OH is 4. The summed E-state index contributed by atoms with van der Waals surface area (Å²) in [7, 11) is 0. The summed E-state index contributed by atoms with van der Waals surface area (Å²) in [5.41, 5.74) is -0.874. The molecule has 0 aliphatic carbocycles. The second kappa shape index (κ2) is 3.91. The van der Waals surface area contributed by atoms with Crippen LogP contribution in [0.1, 0.15) is 0 Å². The van der Waals surface area contributed by atoms with Crippen molar-refractivity contribution in [3.63, 3.8) is 0 Å². The van der Waals surface area contributed by atoms with Crippen molar-refractivity contribution in [3.05, 3.63) is 0 Å². The van der Waals surface area contributed by atoms with E-state index in [1.54, 1.807) is 0 Å². The molecule has 4 N–H and O–H groups in total. The number of hydrogen-bond acceptors (Lipinski definition) is 6. The van der Waals surface area contributed by atoms with Crippen LogP contribution in [0.5, 0.6) is 0 Å². The van der Waals surface area contributed by atoms with Crippen LogP contribution in [0.15, 0.2) is 0 Å². The van der Waals surface area contributed by atoms with Crippen LogP contribution in [0.4, 0.5) is 0 Å². The molecule has 1 saturated heterocycles. The Kier molecular flexibility index (Phi) is 3.33. The van der Waals surface area contributed by atoms with Crippen molar-refractivity contribution >= 4 is 12.6 Å². The zero-order chi connectivity index (χ0) is 9.30. The molecule has 0 aromatic carbocycles. The zero-order valence-corrected chi connectivity index (χ0v) is 7.13. The highest BCUT2D eigenvalue weighted by Gasteiger charge is 2.41. The van der Waals surface area contributed by atoms with Gasteiger partial charge in [0.25, 0.3) is 0 Å². The van der Waals surface area contributed by atoms with Gasteiger partial charge in [0.1, 0.15) is 29.9 Å². The average Bonchev–Trinajstić information content (AvgIpc) is 2.08. The smallest absolute Gasteiger partial charge is 0.129 e. The van der Waals surface area contributed by atoms with Gasteiger partial charge >= 0.3 is 0 Å². The number of ether oxygens (including phenoxy) is 1. The van der Waals surface area contributed by atoms with Crippen molar-refractivity contribution in [1.29, 1.82) is 0 Å². The fourth-order valence-corrected chi connectivity index (χ4v) is 1.41. The van der Waals surface area contributed by atoms with Crippen LogP contribution in [0.2, 0.25) is 0 Å². The van der Waals surface area contributed by atoms with Crippen LogP contribution in [-0.2, 0) is 4.74 Å². The van der Waals surface area contributed by atoms with Gasteiger partial charge in [0, 0.05) is 0 Å². The van der Waals surface area contributed by atoms with Crippen molar-refractivity contribution in [2.45, 2.75) is 29.9 Å². The minimum absolute atomic E-state index is 0.415. The highest BCUT2D eigenvalue weighted by molar-refractivity contribution is 7.80. The molecule has 0 radical (unpaired) electrons. The molecule has 12 heavy (non-hydrogen) atoms. The third kappa shape index (κ3) is 1.73. The Morgan fingerprint density at radius 3 is 2.17 bits per heavy atom. The van der Waals surface area contributed by atoms with Gasteiger partial charge in [-0.25, -0.2) is 0 Å². The van der Waals surface area contributed by atoms with Gasteiger partial charge in [-0.2, -0.15) is 0 Å². The second-order valence-electron chi connectivity index (χ2n) is 2.72. The first kappa shape index (κ1) is 10.2. The van der Waals surface area contributed by atoms with Gasteiger partial charge in [0.2, 0.25) is 0 Å². The Hall–Kier alpha value is 0.150. The summed E-state index contributed by atoms with van der Waals surface area (Å²) < 4.78 is 4.88. The van der Waals surface area contributed by atoms with Gasteiger partial charge in [0.15, 0.2) is 0 Å². The minimum Gasteiger partial charge on any atom is -0.394 e. The lowest BCUT2D eigenvalue weighted by molar-refractivity contribution is -0.205. The largest absolute Gasteiger partial charge is 0.394 e. The topological polar surface area (TPSA) is 90.2 Å². The van der Waals surface area contributed by atoms with E-state index in [-0.39, 0.29) is 0 Å². The van der Waals surface area contributed by atoms with E-state index in [1.165, 1.54) is 0 Å². The third-order valence-electron chi connectivity index (χ3n) is 1.87. The summed E-state index contributed by atoms with van der Waals surface area (Å²) >= 11 is 3.81. The molecule has 1 aliphatic rings. The maximum absolute atomic E-state index is 9.20. The summed E-state index contributed by atoms with van der Waals surface area (Å²) in [5.74, 6) is 0. The number of hydrogen-bond donors (Lipinski definition) is 5. The molecule has 1 fully saturated rings. The molecule has 6 heteroatoms. The second-order valence-corrected chi connectivity index (χ2v) is 3.23. The van der Waals surface area contributed by atoms with Crippen LogP contribution < -0.4 is 0 Å². The van der Waals surface area contributed by atoms with E-state index >= 15 is 0 Å². The van der Waals surface area contributed by atoms with Crippen molar-refractivity contribution < 1.29 is 25.2 Å². The lowest BCUT2D eigenvalue weighted by atomic mass is 10.0. The molecule has 72 valence electrons. The van der Waals surface area contributed by atoms with E-state index < -0.39 is 36.5 Å². The first-order valence-corrected chi connectivity index (χ1v) is 4.08. The molecule has 0 bridgehead atoms. The zero-order valence-electron chi connectivity index (χ0n) is 6.24. The van der Waals surface area contributed by atoms with Crippen LogP contribution in [-0.4, -0.2) is 56.9 Å².